The molecule has 0 unspecified atom stereocenters. The summed E-state index contributed by atoms with van der Waals surface area (Å²) in [4.78, 5) is 13.9. The predicted octanol–water partition coefficient (Wildman–Crippen LogP) is 3.32. The first kappa shape index (κ1) is 13.5. The first-order valence-electron chi connectivity index (χ1n) is 6.61. The molecule has 0 aliphatic heterocycles. The van der Waals surface area contributed by atoms with Crippen LogP contribution in [0.15, 0.2) is 0 Å². The van der Waals surface area contributed by atoms with Crippen LogP contribution in [0.3, 0.4) is 0 Å². The normalized spacial score (nSPS) is 26.6. The summed E-state index contributed by atoms with van der Waals surface area (Å²) >= 11 is 0. The van der Waals surface area contributed by atoms with Crippen LogP contribution in [0.5, 0.6) is 0 Å². The van der Waals surface area contributed by atoms with Crippen molar-refractivity contribution in [3.05, 3.63) is 0 Å². The molecule has 94 valence electrons. The first-order chi connectivity index (χ1) is 7.36. The molecule has 0 N–H and O–H groups in total. The molecular weight excluding hydrogens is 198 g/mol. The quantitative estimate of drug-likeness (QED) is 0.706. The molecule has 2 heteroatoms. The fourth-order valence-electron chi connectivity index (χ4n) is 2.67. The number of amides is 1. The zero-order valence-corrected chi connectivity index (χ0v) is 11.5. The highest BCUT2D eigenvalue weighted by atomic mass is 16.2. The minimum atomic E-state index is 0.295. The van der Waals surface area contributed by atoms with Crippen molar-refractivity contribution in [1.29, 1.82) is 0 Å². The molecule has 2 nitrogen and oxygen atoms in total. The second-order valence-corrected chi connectivity index (χ2v) is 6.27. The van der Waals surface area contributed by atoms with Crippen molar-refractivity contribution in [1.82, 2.24) is 4.90 Å². The summed E-state index contributed by atoms with van der Waals surface area (Å²) in [7, 11) is 1.91. The average molecular weight is 225 g/mol. The number of carbonyl (C=O) groups is 1. The van der Waals surface area contributed by atoms with Gasteiger partial charge in [-0.15, -0.1) is 0 Å². The van der Waals surface area contributed by atoms with Gasteiger partial charge in [0.15, 0.2) is 0 Å². The Kier molecular flexibility index (Phi) is 4.40. The standard InChI is InChI=1S/C14H27NO/c1-6-15(5)13(16)11-7-9-12(10-8-11)14(2,3)4/h11-12H,6-10H2,1-5H3. The molecule has 1 saturated carbocycles. The van der Waals surface area contributed by atoms with Crippen LogP contribution >= 0.6 is 0 Å². The summed E-state index contributed by atoms with van der Waals surface area (Å²) in [5.74, 6) is 1.45. The van der Waals surface area contributed by atoms with Crippen LogP contribution < -0.4 is 0 Å². The predicted molar refractivity (Wildman–Crippen MR) is 68.2 cm³/mol. The van der Waals surface area contributed by atoms with Gasteiger partial charge in [0.25, 0.3) is 0 Å². The Labute approximate surface area is 100 Å². The minimum Gasteiger partial charge on any atom is -0.346 e. The highest BCUT2D eigenvalue weighted by molar-refractivity contribution is 5.78. The molecule has 1 rings (SSSR count). The van der Waals surface area contributed by atoms with Crippen molar-refractivity contribution in [3.8, 4) is 0 Å². The zero-order chi connectivity index (χ0) is 12.3. The van der Waals surface area contributed by atoms with Gasteiger partial charge in [-0.25, -0.2) is 0 Å². The van der Waals surface area contributed by atoms with Crippen LogP contribution in [0.2, 0.25) is 0 Å². The van der Waals surface area contributed by atoms with Gasteiger partial charge in [0.05, 0.1) is 0 Å². The lowest BCUT2D eigenvalue weighted by atomic mass is 9.69. The Bertz CT molecular complexity index is 234. The summed E-state index contributed by atoms with van der Waals surface area (Å²) in [5.41, 5.74) is 0.407. The Hall–Kier alpha value is -0.530. The molecule has 1 fully saturated rings. The third-order valence-electron chi connectivity index (χ3n) is 4.15. The highest BCUT2D eigenvalue weighted by Crippen LogP contribution is 2.40. The summed E-state index contributed by atoms with van der Waals surface area (Å²) in [6.45, 7) is 9.82. The molecule has 0 spiro atoms. The second kappa shape index (κ2) is 5.20. The summed E-state index contributed by atoms with van der Waals surface area (Å²) in [6.07, 6.45) is 4.62. The molecule has 1 amide bonds. The van der Waals surface area contributed by atoms with Gasteiger partial charge in [-0.2, -0.15) is 0 Å². The smallest absolute Gasteiger partial charge is 0.225 e. The van der Waals surface area contributed by atoms with Gasteiger partial charge in [-0.3, -0.25) is 4.79 Å². The van der Waals surface area contributed by atoms with Gasteiger partial charge >= 0.3 is 0 Å². The van der Waals surface area contributed by atoms with Crippen LogP contribution in [0.25, 0.3) is 0 Å². The second-order valence-electron chi connectivity index (χ2n) is 6.27. The van der Waals surface area contributed by atoms with E-state index in [9.17, 15) is 4.79 Å². The molecule has 16 heavy (non-hydrogen) atoms. The fourth-order valence-corrected chi connectivity index (χ4v) is 2.67. The van der Waals surface area contributed by atoms with Crippen molar-refractivity contribution in [3.63, 3.8) is 0 Å². The number of rotatable bonds is 2. The topological polar surface area (TPSA) is 20.3 Å². The number of nitrogens with zero attached hydrogens (tertiary/aromatic N) is 1. The Morgan fingerprint density at radius 1 is 1.19 bits per heavy atom. The number of hydrogen-bond donors (Lipinski definition) is 0. The Balaban J connectivity index is 2.46. The molecular formula is C14H27NO. The van der Waals surface area contributed by atoms with Crippen molar-refractivity contribution >= 4 is 5.91 Å². The van der Waals surface area contributed by atoms with Crippen molar-refractivity contribution in [2.24, 2.45) is 17.3 Å². The minimum absolute atomic E-state index is 0.295. The van der Waals surface area contributed by atoms with Gasteiger partial charge in [-0.1, -0.05) is 20.8 Å². The van der Waals surface area contributed by atoms with E-state index in [1.165, 1.54) is 12.8 Å². The fraction of sp³-hybridized carbons (Fsp3) is 0.929. The molecule has 0 saturated heterocycles. The van der Waals surface area contributed by atoms with E-state index in [2.05, 4.69) is 20.8 Å². The third kappa shape index (κ3) is 3.23. The highest BCUT2D eigenvalue weighted by Gasteiger charge is 2.32. The summed E-state index contributed by atoms with van der Waals surface area (Å²) in [6, 6.07) is 0. The largest absolute Gasteiger partial charge is 0.346 e. The summed E-state index contributed by atoms with van der Waals surface area (Å²) in [5, 5.41) is 0. The van der Waals surface area contributed by atoms with E-state index in [1.807, 2.05) is 18.9 Å². The summed E-state index contributed by atoms with van der Waals surface area (Å²) < 4.78 is 0. The molecule has 0 heterocycles. The molecule has 1 aliphatic rings. The molecule has 1 aliphatic carbocycles. The van der Waals surface area contributed by atoms with Gasteiger partial charge in [0.1, 0.15) is 0 Å². The van der Waals surface area contributed by atoms with Gasteiger partial charge in [0, 0.05) is 19.5 Å². The van der Waals surface area contributed by atoms with E-state index in [1.54, 1.807) is 0 Å². The van der Waals surface area contributed by atoms with E-state index >= 15 is 0 Å². The van der Waals surface area contributed by atoms with Crippen molar-refractivity contribution in [2.45, 2.75) is 53.4 Å². The maximum atomic E-state index is 12.0. The average Bonchev–Trinajstić information content (AvgIpc) is 2.26. The molecule has 0 atom stereocenters. The van der Waals surface area contributed by atoms with Crippen LogP contribution in [-0.4, -0.2) is 24.4 Å². The number of hydrogen-bond acceptors (Lipinski definition) is 1. The van der Waals surface area contributed by atoms with Crippen molar-refractivity contribution < 1.29 is 4.79 Å². The molecule has 0 bridgehead atoms. The van der Waals surface area contributed by atoms with Crippen LogP contribution in [0.4, 0.5) is 0 Å². The van der Waals surface area contributed by atoms with Crippen LogP contribution in [0.1, 0.15) is 53.4 Å². The molecule has 0 aromatic heterocycles. The van der Waals surface area contributed by atoms with E-state index in [0.717, 1.165) is 25.3 Å². The van der Waals surface area contributed by atoms with E-state index < -0.39 is 0 Å². The van der Waals surface area contributed by atoms with E-state index in [4.69, 9.17) is 0 Å². The van der Waals surface area contributed by atoms with Gasteiger partial charge in [0.2, 0.25) is 5.91 Å². The van der Waals surface area contributed by atoms with Gasteiger partial charge < -0.3 is 4.90 Å². The molecule has 0 radical (unpaired) electrons. The monoisotopic (exact) mass is 225 g/mol. The SMILES string of the molecule is CCN(C)C(=O)C1CCC(C(C)(C)C)CC1. The third-order valence-corrected chi connectivity index (χ3v) is 4.15. The maximum absolute atomic E-state index is 12.0. The molecule has 0 aromatic rings. The van der Waals surface area contributed by atoms with E-state index in [0.29, 0.717) is 17.2 Å². The van der Waals surface area contributed by atoms with E-state index in [-0.39, 0.29) is 0 Å². The molecule has 0 aromatic carbocycles. The number of carbonyl (C=O) groups excluding carboxylic acids is 1. The lowest BCUT2D eigenvalue weighted by molar-refractivity contribution is -0.135. The van der Waals surface area contributed by atoms with Crippen molar-refractivity contribution in [2.75, 3.05) is 13.6 Å². The zero-order valence-electron chi connectivity index (χ0n) is 11.5. The lowest BCUT2D eigenvalue weighted by Crippen LogP contribution is -2.36. The van der Waals surface area contributed by atoms with Crippen LogP contribution in [-0.2, 0) is 4.79 Å². The maximum Gasteiger partial charge on any atom is 0.225 e. The lowest BCUT2D eigenvalue weighted by Gasteiger charge is -2.37. The Morgan fingerprint density at radius 3 is 2.06 bits per heavy atom. The Morgan fingerprint density at radius 2 is 1.69 bits per heavy atom. The van der Waals surface area contributed by atoms with Crippen LogP contribution in [0, 0.1) is 17.3 Å². The van der Waals surface area contributed by atoms with Gasteiger partial charge in [-0.05, 0) is 43.9 Å². The first-order valence-corrected chi connectivity index (χ1v) is 6.61.